The van der Waals surface area contributed by atoms with Gasteiger partial charge in [0.1, 0.15) is 5.75 Å². The molecule has 0 saturated carbocycles. The number of nitrogens with one attached hydrogen (secondary N) is 1. The molecule has 0 bridgehead atoms. The molecule has 2 aromatic rings. The number of phenolic OH excluding ortho intramolecular Hbond substituents is 1. The van der Waals surface area contributed by atoms with Crippen LogP contribution in [0.5, 0.6) is 5.75 Å². The van der Waals surface area contributed by atoms with Gasteiger partial charge in [-0.15, -0.1) is 0 Å². The molecule has 6 heteroatoms. The smallest absolute Gasteiger partial charge is 0.247 e. The summed E-state index contributed by atoms with van der Waals surface area (Å²) in [4.78, 5) is 2.06. The zero-order chi connectivity index (χ0) is 13.9. The zero-order valence-electron chi connectivity index (χ0n) is 10.4. The first kappa shape index (κ1) is 13.4. The molecule has 0 fully saturated rings. The van der Waals surface area contributed by atoms with Crippen LogP contribution in [0.25, 0.3) is 10.8 Å². The molecule has 0 spiro atoms. The van der Waals surface area contributed by atoms with E-state index in [1.165, 1.54) is 13.1 Å². The Hall–Kier alpha value is -2.08. The summed E-state index contributed by atoms with van der Waals surface area (Å²) in [5.74, 6) is 0.00626. The van der Waals surface area contributed by atoms with Gasteiger partial charge in [0.05, 0.1) is 12.0 Å². The second-order valence-electron chi connectivity index (χ2n) is 4.01. The molecule has 5 nitrogen and oxygen atoms in total. The van der Waals surface area contributed by atoms with Gasteiger partial charge in [-0.2, -0.15) is 5.10 Å². The number of benzene rings is 2. The number of rotatable bonds is 4. The molecule has 0 saturated heterocycles. The van der Waals surface area contributed by atoms with Crippen LogP contribution >= 0.6 is 0 Å². The highest BCUT2D eigenvalue weighted by atomic mass is 32.2. The number of phenols is 1. The maximum absolute atomic E-state index is 11.2. The number of nitrogens with zero attached hydrogens (tertiary/aromatic N) is 1. The van der Waals surface area contributed by atoms with Gasteiger partial charge in [0, 0.05) is 5.56 Å². The molecule has 0 amide bonds. The summed E-state index contributed by atoms with van der Waals surface area (Å²) >= 11 is 0. The van der Waals surface area contributed by atoms with Gasteiger partial charge in [-0.1, -0.05) is 24.3 Å². The van der Waals surface area contributed by atoms with Crippen molar-refractivity contribution in [3.05, 3.63) is 42.0 Å². The molecular formula is C13H14N2O3S. The van der Waals surface area contributed by atoms with E-state index < -0.39 is 10.0 Å². The third-order valence-corrected chi connectivity index (χ3v) is 3.81. The number of aromatic hydroxyl groups is 1. The molecule has 0 unspecified atom stereocenters. The Morgan fingerprint density at radius 2 is 1.89 bits per heavy atom. The van der Waals surface area contributed by atoms with E-state index in [1.54, 1.807) is 12.1 Å². The van der Waals surface area contributed by atoms with Crippen LogP contribution in [0.4, 0.5) is 0 Å². The quantitative estimate of drug-likeness (QED) is 0.661. The normalized spacial score (nSPS) is 12.1. The highest BCUT2D eigenvalue weighted by molar-refractivity contribution is 7.89. The van der Waals surface area contributed by atoms with E-state index in [9.17, 15) is 13.5 Å². The van der Waals surface area contributed by atoms with Crippen molar-refractivity contribution < 1.29 is 13.5 Å². The van der Waals surface area contributed by atoms with Crippen LogP contribution in [0, 0.1) is 0 Å². The van der Waals surface area contributed by atoms with Crippen LogP contribution in [-0.4, -0.2) is 25.5 Å². The van der Waals surface area contributed by atoms with E-state index in [-0.39, 0.29) is 11.5 Å². The van der Waals surface area contributed by atoms with Crippen LogP contribution in [0.2, 0.25) is 0 Å². The van der Waals surface area contributed by atoms with Gasteiger partial charge < -0.3 is 5.11 Å². The standard InChI is InChI=1S/C13H14N2O3S/c1-2-19(17,18)15-14-9-12-7-10-5-3-4-6-11(10)8-13(12)16/h3-9,15-16H,2H2,1H3/b14-9+. The van der Waals surface area contributed by atoms with E-state index in [4.69, 9.17) is 0 Å². The molecular weight excluding hydrogens is 264 g/mol. The molecule has 100 valence electrons. The Bertz CT molecular complexity index is 724. The fourth-order valence-electron chi connectivity index (χ4n) is 1.59. The molecule has 2 rings (SSSR count). The van der Waals surface area contributed by atoms with E-state index in [2.05, 4.69) is 9.93 Å². The fourth-order valence-corrected chi connectivity index (χ4v) is 1.93. The van der Waals surface area contributed by atoms with Gasteiger partial charge in [-0.25, -0.2) is 13.2 Å². The second kappa shape index (κ2) is 5.27. The lowest BCUT2D eigenvalue weighted by atomic mass is 10.1. The lowest BCUT2D eigenvalue weighted by Gasteiger charge is -2.03. The summed E-state index contributed by atoms with van der Waals surface area (Å²) in [6, 6.07) is 10.9. The molecule has 0 aliphatic heterocycles. The average molecular weight is 278 g/mol. The van der Waals surface area contributed by atoms with Crippen molar-refractivity contribution >= 4 is 27.0 Å². The third kappa shape index (κ3) is 3.23. The van der Waals surface area contributed by atoms with Crippen molar-refractivity contribution in [1.82, 2.24) is 4.83 Å². The van der Waals surface area contributed by atoms with Crippen molar-refractivity contribution in [1.29, 1.82) is 0 Å². The van der Waals surface area contributed by atoms with E-state index in [1.807, 2.05) is 24.3 Å². The molecule has 0 aromatic heterocycles. The minimum Gasteiger partial charge on any atom is -0.507 e. The summed E-state index contributed by atoms with van der Waals surface area (Å²) in [6.45, 7) is 1.52. The first-order valence-corrected chi connectivity index (χ1v) is 7.41. The molecule has 2 aromatic carbocycles. The van der Waals surface area contributed by atoms with E-state index >= 15 is 0 Å². The second-order valence-corrected chi connectivity index (χ2v) is 6.00. The Labute approximate surface area is 111 Å². The average Bonchev–Trinajstić information content (AvgIpc) is 2.39. The largest absolute Gasteiger partial charge is 0.507 e. The maximum Gasteiger partial charge on any atom is 0.247 e. The van der Waals surface area contributed by atoms with Gasteiger partial charge in [0.15, 0.2) is 0 Å². The Morgan fingerprint density at radius 3 is 2.53 bits per heavy atom. The van der Waals surface area contributed by atoms with Crippen LogP contribution < -0.4 is 4.83 Å². The molecule has 0 heterocycles. The molecule has 19 heavy (non-hydrogen) atoms. The van der Waals surface area contributed by atoms with Crippen molar-refractivity contribution in [3.63, 3.8) is 0 Å². The summed E-state index contributed by atoms with van der Waals surface area (Å²) in [5.41, 5.74) is 0.456. The maximum atomic E-state index is 11.2. The highest BCUT2D eigenvalue weighted by Crippen LogP contribution is 2.23. The van der Waals surface area contributed by atoms with Crippen molar-refractivity contribution in [2.75, 3.05) is 5.75 Å². The molecule has 0 aliphatic carbocycles. The number of hydrazone groups is 1. The molecule has 0 aliphatic rings. The predicted octanol–water partition coefficient (Wildman–Crippen LogP) is 1.82. The van der Waals surface area contributed by atoms with Gasteiger partial charge in [-0.05, 0) is 29.8 Å². The van der Waals surface area contributed by atoms with Crippen LogP contribution in [0.1, 0.15) is 12.5 Å². The minimum atomic E-state index is -3.37. The number of hydrogen-bond acceptors (Lipinski definition) is 4. The van der Waals surface area contributed by atoms with Gasteiger partial charge in [0.2, 0.25) is 10.0 Å². The van der Waals surface area contributed by atoms with E-state index in [0.717, 1.165) is 10.8 Å². The Kier molecular flexibility index (Phi) is 3.71. The SMILES string of the molecule is CCS(=O)(=O)N/N=C/c1cc2ccccc2cc1O. The molecule has 2 N–H and O–H groups in total. The zero-order valence-corrected chi connectivity index (χ0v) is 11.2. The van der Waals surface area contributed by atoms with E-state index in [0.29, 0.717) is 5.56 Å². The van der Waals surface area contributed by atoms with Crippen LogP contribution in [-0.2, 0) is 10.0 Å². The van der Waals surface area contributed by atoms with Crippen LogP contribution in [0.3, 0.4) is 0 Å². The minimum absolute atomic E-state index is 0.0476. The van der Waals surface area contributed by atoms with Gasteiger partial charge >= 0.3 is 0 Å². The van der Waals surface area contributed by atoms with Crippen molar-refractivity contribution in [3.8, 4) is 5.75 Å². The monoisotopic (exact) mass is 278 g/mol. The first-order chi connectivity index (χ1) is 9.02. The Morgan fingerprint density at radius 1 is 1.26 bits per heavy atom. The summed E-state index contributed by atoms with van der Waals surface area (Å²) in [5, 5.41) is 15.3. The summed E-state index contributed by atoms with van der Waals surface area (Å²) < 4.78 is 22.4. The lowest BCUT2D eigenvalue weighted by molar-refractivity contribution is 0.475. The number of fused-ring (bicyclic) bond motifs is 1. The predicted molar refractivity (Wildman–Crippen MR) is 75.8 cm³/mol. The van der Waals surface area contributed by atoms with Crippen LogP contribution in [0.15, 0.2) is 41.5 Å². The number of sulfonamides is 1. The lowest BCUT2D eigenvalue weighted by Crippen LogP contribution is -2.19. The molecule has 0 radical (unpaired) electrons. The van der Waals surface area contributed by atoms with Gasteiger partial charge in [-0.3, -0.25) is 0 Å². The Balaban J connectivity index is 2.30. The van der Waals surface area contributed by atoms with Crippen molar-refractivity contribution in [2.45, 2.75) is 6.92 Å². The van der Waals surface area contributed by atoms with Crippen molar-refractivity contribution in [2.24, 2.45) is 5.10 Å². The van der Waals surface area contributed by atoms with Gasteiger partial charge in [0.25, 0.3) is 0 Å². The summed E-state index contributed by atoms with van der Waals surface area (Å²) in [7, 11) is -3.37. The topological polar surface area (TPSA) is 78.8 Å². The third-order valence-electron chi connectivity index (χ3n) is 2.67. The summed E-state index contributed by atoms with van der Waals surface area (Å²) in [6.07, 6.45) is 1.29. The highest BCUT2D eigenvalue weighted by Gasteiger charge is 2.04. The fraction of sp³-hybridized carbons (Fsp3) is 0.154. The number of hydrogen-bond donors (Lipinski definition) is 2. The molecule has 0 atom stereocenters. The first-order valence-electron chi connectivity index (χ1n) is 5.76.